The molecule has 0 aliphatic carbocycles. The van der Waals surface area contributed by atoms with Crippen LogP contribution in [0.1, 0.15) is 28.9 Å². The molecule has 98 valence electrons. The van der Waals surface area contributed by atoms with Crippen LogP contribution in [-0.4, -0.2) is 34.1 Å². The first-order chi connectivity index (χ1) is 9.31. The first kappa shape index (κ1) is 11.9. The van der Waals surface area contributed by atoms with E-state index in [1.54, 1.807) is 10.9 Å². The summed E-state index contributed by atoms with van der Waals surface area (Å²) in [6.45, 7) is 3.81. The lowest BCUT2D eigenvalue weighted by atomic mass is 10.2. The van der Waals surface area contributed by atoms with Gasteiger partial charge in [0.2, 0.25) is 0 Å². The SMILES string of the molecule is Cc1nn(-c2ccccn2)c(N2CCCC2)c1C=O. The lowest BCUT2D eigenvalue weighted by Crippen LogP contribution is -2.22. The lowest BCUT2D eigenvalue weighted by Gasteiger charge is -2.19. The number of hydrogen-bond donors (Lipinski definition) is 0. The number of pyridine rings is 1. The van der Waals surface area contributed by atoms with Crippen LogP contribution in [0.3, 0.4) is 0 Å². The van der Waals surface area contributed by atoms with Crippen molar-refractivity contribution < 1.29 is 4.79 Å². The molecular formula is C14H16N4O. The average Bonchev–Trinajstić information content (AvgIpc) is 3.06. The van der Waals surface area contributed by atoms with Gasteiger partial charge in [-0.2, -0.15) is 9.78 Å². The van der Waals surface area contributed by atoms with E-state index in [1.165, 1.54) is 0 Å². The second-order valence-corrected chi connectivity index (χ2v) is 4.73. The van der Waals surface area contributed by atoms with Gasteiger partial charge >= 0.3 is 0 Å². The molecule has 3 rings (SSSR count). The number of anilines is 1. The largest absolute Gasteiger partial charge is 0.356 e. The second-order valence-electron chi connectivity index (χ2n) is 4.73. The molecule has 0 radical (unpaired) electrons. The van der Waals surface area contributed by atoms with Gasteiger partial charge in [0.05, 0.1) is 11.3 Å². The van der Waals surface area contributed by atoms with Crippen molar-refractivity contribution in [2.24, 2.45) is 0 Å². The van der Waals surface area contributed by atoms with Crippen molar-refractivity contribution in [2.45, 2.75) is 19.8 Å². The number of hydrogen-bond acceptors (Lipinski definition) is 4. The topological polar surface area (TPSA) is 51.0 Å². The molecule has 1 fully saturated rings. The van der Waals surface area contributed by atoms with Crippen molar-refractivity contribution in [1.29, 1.82) is 0 Å². The number of aromatic nitrogens is 3. The molecular weight excluding hydrogens is 240 g/mol. The normalized spacial score (nSPS) is 14.9. The molecule has 1 aliphatic rings. The molecule has 19 heavy (non-hydrogen) atoms. The summed E-state index contributed by atoms with van der Waals surface area (Å²) in [7, 11) is 0. The summed E-state index contributed by atoms with van der Waals surface area (Å²) in [6, 6.07) is 5.70. The number of aryl methyl sites for hydroxylation is 1. The number of rotatable bonds is 3. The van der Waals surface area contributed by atoms with E-state index < -0.39 is 0 Å². The van der Waals surface area contributed by atoms with Crippen LogP contribution in [0.2, 0.25) is 0 Å². The van der Waals surface area contributed by atoms with Gasteiger partial charge in [-0.25, -0.2) is 4.98 Å². The zero-order chi connectivity index (χ0) is 13.2. The highest BCUT2D eigenvalue weighted by Gasteiger charge is 2.24. The van der Waals surface area contributed by atoms with Gasteiger partial charge in [-0.1, -0.05) is 6.07 Å². The van der Waals surface area contributed by atoms with Gasteiger partial charge in [0.25, 0.3) is 0 Å². The molecule has 5 heteroatoms. The second kappa shape index (κ2) is 4.84. The molecule has 0 unspecified atom stereocenters. The van der Waals surface area contributed by atoms with Crippen molar-refractivity contribution in [3.63, 3.8) is 0 Å². The zero-order valence-electron chi connectivity index (χ0n) is 10.9. The van der Waals surface area contributed by atoms with Gasteiger partial charge in [-0.3, -0.25) is 4.79 Å². The molecule has 1 saturated heterocycles. The summed E-state index contributed by atoms with van der Waals surface area (Å²) in [5.41, 5.74) is 1.43. The Morgan fingerprint density at radius 1 is 1.26 bits per heavy atom. The van der Waals surface area contributed by atoms with Gasteiger partial charge in [-0.05, 0) is 31.9 Å². The van der Waals surface area contributed by atoms with Crippen LogP contribution < -0.4 is 4.90 Å². The van der Waals surface area contributed by atoms with Crippen LogP contribution in [0.5, 0.6) is 0 Å². The predicted octanol–water partition coefficient (Wildman–Crippen LogP) is 1.99. The van der Waals surface area contributed by atoms with E-state index in [0.29, 0.717) is 5.56 Å². The number of aldehydes is 1. The van der Waals surface area contributed by atoms with Crippen molar-refractivity contribution in [2.75, 3.05) is 18.0 Å². The minimum atomic E-state index is 0.674. The monoisotopic (exact) mass is 256 g/mol. The van der Waals surface area contributed by atoms with Crippen LogP contribution in [0.25, 0.3) is 5.82 Å². The maximum atomic E-state index is 11.3. The Bertz CT molecular complexity index is 585. The van der Waals surface area contributed by atoms with Crippen molar-refractivity contribution in [3.8, 4) is 5.82 Å². The fraction of sp³-hybridized carbons (Fsp3) is 0.357. The quantitative estimate of drug-likeness (QED) is 0.788. The molecule has 3 heterocycles. The molecule has 0 N–H and O–H groups in total. The third kappa shape index (κ3) is 2.01. The molecule has 0 saturated carbocycles. The van der Waals surface area contributed by atoms with Crippen LogP contribution in [0.4, 0.5) is 5.82 Å². The summed E-state index contributed by atoms with van der Waals surface area (Å²) in [5, 5.41) is 4.48. The van der Waals surface area contributed by atoms with Gasteiger partial charge in [0.15, 0.2) is 12.1 Å². The average molecular weight is 256 g/mol. The Morgan fingerprint density at radius 3 is 2.68 bits per heavy atom. The fourth-order valence-corrected chi connectivity index (χ4v) is 2.54. The van der Waals surface area contributed by atoms with E-state index >= 15 is 0 Å². The molecule has 1 aliphatic heterocycles. The molecule has 0 bridgehead atoms. The van der Waals surface area contributed by atoms with Crippen molar-refractivity contribution in [3.05, 3.63) is 35.7 Å². The van der Waals surface area contributed by atoms with Crippen molar-refractivity contribution in [1.82, 2.24) is 14.8 Å². The van der Waals surface area contributed by atoms with Crippen LogP contribution >= 0.6 is 0 Å². The number of carbonyl (C=O) groups is 1. The summed E-state index contributed by atoms with van der Waals surface area (Å²) in [6.07, 6.45) is 4.95. The minimum Gasteiger partial charge on any atom is -0.356 e. The molecule has 0 atom stereocenters. The highest BCUT2D eigenvalue weighted by Crippen LogP contribution is 2.28. The van der Waals surface area contributed by atoms with E-state index in [1.807, 2.05) is 25.1 Å². The standard InChI is InChI=1S/C14H16N4O/c1-11-12(10-19)14(17-8-4-5-9-17)18(16-11)13-6-2-3-7-15-13/h2-3,6-7,10H,4-5,8-9H2,1H3. The van der Waals surface area contributed by atoms with Crippen LogP contribution in [0.15, 0.2) is 24.4 Å². The third-order valence-corrected chi connectivity index (χ3v) is 3.47. The van der Waals surface area contributed by atoms with Gasteiger partial charge in [-0.15, -0.1) is 0 Å². The van der Waals surface area contributed by atoms with Crippen LogP contribution in [0, 0.1) is 6.92 Å². The highest BCUT2D eigenvalue weighted by molar-refractivity contribution is 5.85. The van der Waals surface area contributed by atoms with Gasteiger partial charge < -0.3 is 4.90 Å². The number of carbonyl (C=O) groups excluding carboxylic acids is 1. The molecule has 2 aromatic rings. The van der Waals surface area contributed by atoms with E-state index in [4.69, 9.17) is 0 Å². The van der Waals surface area contributed by atoms with Gasteiger partial charge in [0.1, 0.15) is 5.82 Å². The first-order valence-electron chi connectivity index (χ1n) is 6.52. The van der Waals surface area contributed by atoms with E-state index in [0.717, 1.165) is 49.5 Å². The van der Waals surface area contributed by atoms with E-state index in [9.17, 15) is 4.79 Å². The first-order valence-corrected chi connectivity index (χ1v) is 6.52. The molecule has 2 aromatic heterocycles. The maximum absolute atomic E-state index is 11.3. The van der Waals surface area contributed by atoms with E-state index in [-0.39, 0.29) is 0 Å². The molecule has 5 nitrogen and oxygen atoms in total. The summed E-state index contributed by atoms with van der Waals surface area (Å²) in [4.78, 5) is 17.9. The predicted molar refractivity (Wildman–Crippen MR) is 72.9 cm³/mol. The van der Waals surface area contributed by atoms with Crippen molar-refractivity contribution >= 4 is 12.1 Å². The molecule has 0 aromatic carbocycles. The summed E-state index contributed by atoms with van der Waals surface area (Å²) < 4.78 is 1.78. The Labute approximate surface area is 111 Å². The van der Waals surface area contributed by atoms with Crippen LogP contribution in [-0.2, 0) is 0 Å². The Kier molecular flexibility index (Phi) is 3.03. The lowest BCUT2D eigenvalue weighted by molar-refractivity contribution is 0.112. The summed E-state index contributed by atoms with van der Waals surface area (Å²) >= 11 is 0. The summed E-state index contributed by atoms with van der Waals surface area (Å²) in [5.74, 6) is 1.63. The Morgan fingerprint density at radius 2 is 2.05 bits per heavy atom. The van der Waals surface area contributed by atoms with E-state index in [2.05, 4.69) is 15.0 Å². The molecule has 0 amide bonds. The smallest absolute Gasteiger partial charge is 0.155 e. The Hall–Kier alpha value is -2.17. The Balaban J connectivity index is 2.16. The highest BCUT2D eigenvalue weighted by atomic mass is 16.1. The third-order valence-electron chi connectivity index (χ3n) is 3.47. The zero-order valence-corrected chi connectivity index (χ0v) is 10.9. The minimum absolute atomic E-state index is 0.674. The van der Waals surface area contributed by atoms with Gasteiger partial charge in [0, 0.05) is 19.3 Å². The fourth-order valence-electron chi connectivity index (χ4n) is 2.54. The maximum Gasteiger partial charge on any atom is 0.155 e. The molecule has 0 spiro atoms. The number of nitrogens with zero attached hydrogens (tertiary/aromatic N) is 4.